The molecule has 4 heteroatoms. The molecular formula is C12H24N2O2. The summed E-state index contributed by atoms with van der Waals surface area (Å²) >= 11 is 0. The van der Waals surface area contributed by atoms with Gasteiger partial charge < -0.3 is 15.7 Å². The summed E-state index contributed by atoms with van der Waals surface area (Å²) in [6.45, 7) is 5.80. The van der Waals surface area contributed by atoms with Crippen LogP contribution in [0.4, 0.5) is 0 Å². The smallest absolute Gasteiger partial charge is 0.230 e. The molecule has 1 saturated carbocycles. The van der Waals surface area contributed by atoms with Crippen LogP contribution in [0.15, 0.2) is 0 Å². The lowest BCUT2D eigenvalue weighted by Gasteiger charge is -2.46. The second-order valence-corrected chi connectivity index (χ2v) is 5.01. The highest BCUT2D eigenvalue weighted by molar-refractivity contribution is 5.84. The molecule has 1 rings (SSSR count). The van der Waals surface area contributed by atoms with E-state index in [1.165, 1.54) is 0 Å². The Labute approximate surface area is 97.8 Å². The third kappa shape index (κ3) is 2.55. The van der Waals surface area contributed by atoms with Crippen LogP contribution < -0.4 is 5.73 Å². The molecule has 1 fully saturated rings. The molecule has 16 heavy (non-hydrogen) atoms. The number of nitrogens with zero attached hydrogens (tertiary/aromatic N) is 1. The normalized spacial score (nSPS) is 28.6. The van der Waals surface area contributed by atoms with Crippen LogP contribution in [0, 0.1) is 11.3 Å². The van der Waals surface area contributed by atoms with E-state index in [2.05, 4.69) is 6.92 Å². The molecule has 3 N–H and O–H groups in total. The van der Waals surface area contributed by atoms with Crippen molar-refractivity contribution in [1.82, 2.24) is 4.90 Å². The highest BCUT2D eigenvalue weighted by Crippen LogP contribution is 2.45. The molecule has 1 amide bonds. The number of aliphatic hydroxyl groups excluding tert-OH is 1. The molecule has 1 aliphatic rings. The van der Waals surface area contributed by atoms with Crippen molar-refractivity contribution in [3.8, 4) is 0 Å². The predicted octanol–water partition coefficient (Wildman–Crippen LogP) is 0.592. The van der Waals surface area contributed by atoms with E-state index in [1.807, 2.05) is 6.92 Å². The van der Waals surface area contributed by atoms with Crippen molar-refractivity contribution in [3.05, 3.63) is 0 Å². The number of hydrogen-bond acceptors (Lipinski definition) is 3. The van der Waals surface area contributed by atoms with Crippen molar-refractivity contribution in [1.29, 1.82) is 0 Å². The van der Waals surface area contributed by atoms with Gasteiger partial charge in [-0.25, -0.2) is 0 Å². The van der Waals surface area contributed by atoms with Gasteiger partial charge in [-0.2, -0.15) is 0 Å². The molecule has 0 saturated heterocycles. The van der Waals surface area contributed by atoms with E-state index in [0.717, 1.165) is 25.8 Å². The van der Waals surface area contributed by atoms with E-state index < -0.39 is 0 Å². The fraction of sp³-hybridized carbons (Fsp3) is 0.917. The minimum Gasteiger partial charge on any atom is -0.395 e. The van der Waals surface area contributed by atoms with E-state index in [-0.39, 0.29) is 17.9 Å². The lowest BCUT2D eigenvalue weighted by molar-refractivity contribution is -0.150. The third-order valence-corrected chi connectivity index (χ3v) is 3.47. The first-order chi connectivity index (χ1) is 7.59. The first kappa shape index (κ1) is 13.5. The Morgan fingerprint density at radius 1 is 1.50 bits per heavy atom. The third-order valence-electron chi connectivity index (χ3n) is 3.47. The van der Waals surface area contributed by atoms with Crippen LogP contribution in [0.1, 0.15) is 33.1 Å². The number of hydrogen-bond donors (Lipinski definition) is 2. The first-order valence-electron chi connectivity index (χ1n) is 6.20. The van der Waals surface area contributed by atoms with Crippen LogP contribution in [-0.4, -0.2) is 42.2 Å². The molecule has 0 radical (unpaired) electrons. The van der Waals surface area contributed by atoms with Crippen molar-refractivity contribution in [2.75, 3.05) is 26.2 Å². The predicted molar refractivity (Wildman–Crippen MR) is 63.8 cm³/mol. The minimum absolute atomic E-state index is 0.0297. The van der Waals surface area contributed by atoms with Crippen LogP contribution >= 0.6 is 0 Å². The average Bonchev–Trinajstić information content (AvgIpc) is 2.23. The molecule has 0 bridgehead atoms. The Kier molecular flexibility index (Phi) is 4.74. The number of carbonyl (C=O) groups is 1. The van der Waals surface area contributed by atoms with Gasteiger partial charge in [0.15, 0.2) is 0 Å². The quantitative estimate of drug-likeness (QED) is 0.699. The maximum Gasteiger partial charge on any atom is 0.230 e. The molecule has 1 aliphatic carbocycles. The molecular weight excluding hydrogens is 204 g/mol. The topological polar surface area (TPSA) is 66.6 Å². The summed E-state index contributed by atoms with van der Waals surface area (Å²) in [6.07, 6.45) is 2.71. The zero-order valence-electron chi connectivity index (χ0n) is 10.4. The van der Waals surface area contributed by atoms with Gasteiger partial charge in [0.1, 0.15) is 0 Å². The van der Waals surface area contributed by atoms with Gasteiger partial charge in [0.05, 0.1) is 12.0 Å². The van der Waals surface area contributed by atoms with Gasteiger partial charge in [-0.1, -0.05) is 13.8 Å². The molecule has 94 valence electrons. The molecule has 0 spiro atoms. The summed E-state index contributed by atoms with van der Waals surface area (Å²) in [5.74, 6) is 0.745. The van der Waals surface area contributed by atoms with Crippen molar-refractivity contribution in [3.63, 3.8) is 0 Å². The molecule has 0 heterocycles. The molecule has 0 aromatic rings. The van der Waals surface area contributed by atoms with Gasteiger partial charge in [0, 0.05) is 19.6 Å². The Balaban J connectivity index is 2.65. The lowest BCUT2D eigenvalue weighted by Crippen LogP contribution is -2.55. The van der Waals surface area contributed by atoms with E-state index in [9.17, 15) is 4.79 Å². The summed E-state index contributed by atoms with van der Waals surface area (Å²) < 4.78 is 0. The largest absolute Gasteiger partial charge is 0.395 e. The Hall–Kier alpha value is -0.610. The second kappa shape index (κ2) is 5.64. The van der Waals surface area contributed by atoms with Gasteiger partial charge in [-0.15, -0.1) is 0 Å². The van der Waals surface area contributed by atoms with Crippen LogP contribution in [-0.2, 0) is 4.79 Å². The summed E-state index contributed by atoms with van der Waals surface area (Å²) in [4.78, 5) is 14.1. The Bertz CT molecular complexity index is 231. The van der Waals surface area contributed by atoms with Gasteiger partial charge in [-0.3, -0.25) is 4.79 Å². The lowest BCUT2D eigenvalue weighted by atomic mass is 9.62. The van der Waals surface area contributed by atoms with Crippen LogP contribution in [0.5, 0.6) is 0 Å². The van der Waals surface area contributed by atoms with E-state index in [4.69, 9.17) is 10.8 Å². The maximum atomic E-state index is 12.3. The number of rotatable bonds is 6. The van der Waals surface area contributed by atoms with Gasteiger partial charge in [0.25, 0.3) is 0 Å². The molecule has 4 nitrogen and oxygen atoms in total. The number of aliphatic hydroxyl groups is 1. The van der Waals surface area contributed by atoms with E-state index >= 15 is 0 Å². The summed E-state index contributed by atoms with van der Waals surface area (Å²) in [7, 11) is 0. The average molecular weight is 228 g/mol. The van der Waals surface area contributed by atoms with Gasteiger partial charge in [-0.05, 0) is 25.2 Å². The summed E-state index contributed by atoms with van der Waals surface area (Å²) in [6, 6.07) is 0. The molecule has 0 unspecified atom stereocenters. The van der Waals surface area contributed by atoms with E-state index in [0.29, 0.717) is 19.0 Å². The molecule has 0 aliphatic heterocycles. The molecule has 0 aromatic heterocycles. The fourth-order valence-corrected chi connectivity index (χ4v) is 2.74. The van der Waals surface area contributed by atoms with Gasteiger partial charge in [0.2, 0.25) is 5.91 Å². The van der Waals surface area contributed by atoms with Gasteiger partial charge >= 0.3 is 0 Å². The Morgan fingerprint density at radius 3 is 2.50 bits per heavy atom. The van der Waals surface area contributed by atoms with Crippen molar-refractivity contribution in [2.45, 2.75) is 33.1 Å². The van der Waals surface area contributed by atoms with E-state index in [1.54, 1.807) is 4.90 Å². The van der Waals surface area contributed by atoms with Crippen molar-refractivity contribution in [2.24, 2.45) is 17.1 Å². The second-order valence-electron chi connectivity index (χ2n) is 5.01. The fourth-order valence-electron chi connectivity index (χ4n) is 2.74. The molecule has 0 atom stereocenters. The summed E-state index contributed by atoms with van der Waals surface area (Å²) in [5.41, 5.74) is 5.42. The maximum absolute atomic E-state index is 12.3. The minimum atomic E-state index is -0.330. The van der Waals surface area contributed by atoms with Crippen molar-refractivity contribution < 1.29 is 9.90 Å². The SMILES string of the molecule is CCCN(CCO)C(=O)C1(CN)CC(C)C1. The van der Waals surface area contributed by atoms with Crippen LogP contribution in [0.3, 0.4) is 0 Å². The van der Waals surface area contributed by atoms with Crippen LogP contribution in [0.2, 0.25) is 0 Å². The highest BCUT2D eigenvalue weighted by atomic mass is 16.3. The zero-order chi connectivity index (χ0) is 12.2. The van der Waals surface area contributed by atoms with Crippen molar-refractivity contribution >= 4 is 5.91 Å². The summed E-state index contributed by atoms with van der Waals surface area (Å²) in [5, 5.41) is 8.97. The highest BCUT2D eigenvalue weighted by Gasteiger charge is 2.48. The first-order valence-corrected chi connectivity index (χ1v) is 6.20. The number of nitrogens with two attached hydrogens (primary N) is 1. The number of carbonyl (C=O) groups excluding carboxylic acids is 1. The monoisotopic (exact) mass is 228 g/mol. The standard InChI is InChI=1S/C12H24N2O2/c1-3-4-14(5-6-15)11(16)12(9-13)7-10(2)8-12/h10,15H,3-9,13H2,1-2H3. The van der Waals surface area contributed by atoms with Crippen LogP contribution in [0.25, 0.3) is 0 Å². The number of amides is 1. The Morgan fingerprint density at radius 2 is 2.12 bits per heavy atom. The zero-order valence-corrected chi connectivity index (χ0v) is 10.4. The molecule has 0 aromatic carbocycles.